The molecule has 18 heavy (non-hydrogen) atoms. The van der Waals surface area contributed by atoms with Gasteiger partial charge in [0.25, 0.3) is 5.91 Å². The number of carbonyl (C=O) groups is 1. The van der Waals surface area contributed by atoms with E-state index < -0.39 is 0 Å². The van der Waals surface area contributed by atoms with Gasteiger partial charge in [-0.25, -0.2) is 0 Å². The van der Waals surface area contributed by atoms with Crippen molar-refractivity contribution in [3.05, 3.63) is 21.9 Å². The predicted molar refractivity (Wildman–Crippen MR) is 78.1 cm³/mol. The highest BCUT2D eigenvalue weighted by atomic mass is 32.2. The standard InChI is InChI=1S/C13H16N2OS2/c1-10-9-17-8-7-15(10)13(16)12-5-4-11(18-12)3-2-6-14/h4-5,10H,6-9,14H2,1H3. The van der Waals surface area contributed by atoms with Crippen LogP contribution in [0.15, 0.2) is 12.1 Å². The number of nitrogens with zero attached hydrogens (tertiary/aromatic N) is 1. The Hall–Kier alpha value is -0.960. The number of thiophene rings is 1. The quantitative estimate of drug-likeness (QED) is 0.796. The summed E-state index contributed by atoms with van der Waals surface area (Å²) < 4.78 is 0. The number of hydrogen-bond acceptors (Lipinski definition) is 4. The van der Waals surface area contributed by atoms with Gasteiger partial charge in [0.15, 0.2) is 0 Å². The Labute approximate surface area is 116 Å². The third kappa shape index (κ3) is 3.08. The molecule has 2 heterocycles. The summed E-state index contributed by atoms with van der Waals surface area (Å²) >= 11 is 3.36. The molecule has 1 amide bonds. The SMILES string of the molecule is CC1CSCCN1C(=O)c1ccc(C#CCN)s1. The lowest BCUT2D eigenvalue weighted by Gasteiger charge is -2.32. The van der Waals surface area contributed by atoms with Gasteiger partial charge in [0, 0.05) is 24.1 Å². The van der Waals surface area contributed by atoms with Crippen molar-refractivity contribution in [3.63, 3.8) is 0 Å². The topological polar surface area (TPSA) is 46.3 Å². The molecule has 0 aromatic carbocycles. The minimum absolute atomic E-state index is 0.133. The Morgan fingerprint density at radius 3 is 3.17 bits per heavy atom. The molecule has 0 bridgehead atoms. The lowest BCUT2D eigenvalue weighted by Crippen LogP contribution is -2.44. The normalized spacial score (nSPS) is 19.2. The molecule has 5 heteroatoms. The van der Waals surface area contributed by atoms with Crippen LogP contribution in [0.4, 0.5) is 0 Å². The third-order valence-electron chi connectivity index (χ3n) is 2.76. The van der Waals surface area contributed by atoms with E-state index in [0.717, 1.165) is 27.8 Å². The molecule has 1 aromatic rings. The van der Waals surface area contributed by atoms with E-state index in [4.69, 9.17) is 5.73 Å². The first-order valence-corrected chi connectivity index (χ1v) is 7.87. The number of rotatable bonds is 1. The van der Waals surface area contributed by atoms with Gasteiger partial charge in [0.1, 0.15) is 0 Å². The van der Waals surface area contributed by atoms with E-state index in [0.29, 0.717) is 12.6 Å². The van der Waals surface area contributed by atoms with Crippen molar-refractivity contribution in [3.8, 4) is 11.8 Å². The molecule has 1 aromatic heterocycles. The highest BCUT2D eigenvalue weighted by molar-refractivity contribution is 7.99. The Morgan fingerprint density at radius 1 is 1.61 bits per heavy atom. The van der Waals surface area contributed by atoms with E-state index in [2.05, 4.69) is 18.8 Å². The highest BCUT2D eigenvalue weighted by Gasteiger charge is 2.25. The second-order valence-electron chi connectivity index (χ2n) is 4.09. The molecular weight excluding hydrogens is 264 g/mol. The minimum atomic E-state index is 0.133. The molecule has 2 N–H and O–H groups in total. The van der Waals surface area contributed by atoms with Crippen molar-refractivity contribution in [2.75, 3.05) is 24.6 Å². The van der Waals surface area contributed by atoms with Gasteiger partial charge in [0.2, 0.25) is 0 Å². The van der Waals surface area contributed by atoms with Crippen molar-refractivity contribution in [1.82, 2.24) is 4.90 Å². The molecular formula is C13H16N2OS2. The van der Waals surface area contributed by atoms with E-state index >= 15 is 0 Å². The number of thioether (sulfide) groups is 1. The maximum atomic E-state index is 12.4. The summed E-state index contributed by atoms with van der Waals surface area (Å²) in [5, 5.41) is 0. The fourth-order valence-corrected chi connectivity index (χ4v) is 3.68. The lowest BCUT2D eigenvalue weighted by atomic mass is 10.3. The van der Waals surface area contributed by atoms with Crippen molar-refractivity contribution < 1.29 is 4.79 Å². The molecule has 1 atom stereocenters. The Kier molecular flexibility index (Phi) is 4.70. The van der Waals surface area contributed by atoms with Crippen molar-refractivity contribution in [2.24, 2.45) is 5.73 Å². The maximum absolute atomic E-state index is 12.4. The van der Waals surface area contributed by atoms with Crippen LogP contribution in [-0.2, 0) is 0 Å². The number of amides is 1. The van der Waals surface area contributed by atoms with Gasteiger partial charge in [-0.1, -0.05) is 11.8 Å². The fraction of sp³-hybridized carbons (Fsp3) is 0.462. The zero-order valence-electron chi connectivity index (χ0n) is 10.3. The monoisotopic (exact) mass is 280 g/mol. The Balaban J connectivity index is 2.10. The Morgan fingerprint density at radius 2 is 2.44 bits per heavy atom. The average Bonchev–Trinajstić information content (AvgIpc) is 2.85. The van der Waals surface area contributed by atoms with Crippen LogP contribution in [0.3, 0.4) is 0 Å². The minimum Gasteiger partial charge on any atom is -0.334 e. The van der Waals surface area contributed by atoms with Gasteiger partial charge in [0.05, 0.1) is 16.3 Å². The molecule has 0 radical (unpaired) electrons. The van der Waals surface area contributed by atoms with Crippen molar-refractivity contribution in [2.45, 2.75) is 13.0 Å². The smallest absolute Gasteiger partial charge is 0.264 e. The van der Waals surface area contributed by atoms with Gasteiger partial charge in [-0.3, -0.25) is 4.79 Å². The van der Waals surface area contributed by atoms with Gasteiger partial charge in [-0.2, -0.15) is 11.8 Å². The van der Waals surface area contributed by atoms with Crippen molar-refractivity contribution >= 4 is 29.0 Å². The van der Waals surface area contributed by atoms with Gasteiger partial charge in [-0.15, -0.1) is 11.3 Å². The summed E-state index contributed by atoms with van der Waals surface area (Å²) in [6.45, 7) is 3.29. The molecule has 2 rings (SSSR count). The molecule has 96 valence electrons. The zero-order chi connectivity index (χ0) is 13.0. The van der Waals surface area contributed by atoms with E-state index in [1.54, 1.807) is 0 Å². The molecule has 1 saturated heterocycles. The highest BCUT2D eigenvalue weighted by Crippen LogP contribution is 2.22. The molecule has 1 unspecified atom stereocenters. The second kappa shape index (κ2) is 6.28. The summed E-state index contributed by atoms with van der Waals surface area (Å²) in [4.78, 5) is 16.0. The van der Waals surface area contributed by atoms with Crippen LogP contribution in [0.2, 0.25) is 0 Å². The van der Waals surface area contributed by atoms with Crippen molar-refractivity contribution in [1.29, 1.82) is 0 Å². The van der Waals surface area contributed by atoms with Crippen LogP contribution in [0.5, 0.6) is 0 Å². The summed E-state index contributed by atoms with van der Waals surface area (Å²) in [7, 11) is 0. The largest absolute Gasteiger partial charge is 0.334 e. The first-order chi connectivity index (χ1) is 8.72. The molecule has 0 spiro atoms. The van der Waals surface area contributed by atoms with Crippen LogP contribution in [-0.4, -0.2) is 41.4 Å². The molecule has 0 saturated carbocycles. The predicted octanol–water partition coefficient (Wildman–Crippen LogP) is 1.64. The van der Waals surface area contributed by atoms with Crippen LogP contribution in [0.1, 0.15) is 21.5 Å². The molecule has 0 aliphatic carbocycles. The fourth-order valence-electron chi connectivity index (χ4n) is 1.83. The van der Waals surface area contributed by atoms with E-state index in [1.807, 2.05) is 28.8 Å². The van der Waals surface area contributed by atoms with E-state index in [-0.39, 0.29) is 5.91 Å². The van der Waals surface area contributed by atoms with Gasteiger partial charge in [-0.05, 0) is 19.1 Å². The van der Waals surface area contributed by atoms with Crippen LogP contribution < -0.4 is 5.73 Å². The lowest BCUT2D eigenvalue weighted by molar-refractivity contribution is 0.0721. The first-order valence-electron chi connectivity index (χ1n) is 5.90. The summed E-state index contributed by atoms with van der Waals surface area (Å²) in [6, 6.07) is 4.07. The van der Waals surface area contributed by atoms with E-state index in [9.17, 15) is 4.79 Å². The zero-order valence-corrected chi connectivity index (χ0v) is 11.9. The summed E-state index contributed by atoms with van der Waals surface area (Å²) in [5.41, 5.74) is 5.33. The molecule has 3 nitrogen and oxygen atoms in total. The average molecular weight is 280 g/mol. The van der Waals surface area contributed by atoms with E-state index in [1.165, 1.54) is 11.3 Å². The van der Waals surface area contributed by atoms with Crippen LogP contribution in [0.25, 0.3) is 0 Å². The second-order valence-corrected chi connectivity index (χ2v) is 6.33. The maximum Gasteiger partial charge on any atom is 0.264 e. The summed E-state index contributed by atoms with van der Waals surface area (Å²) in [5.74, 6) is 7.95. The van der Waals surface area contributed by atoms with Gasteiger partial charge >= 0.3 is 0 Å². The number of hydrogen-bond donors (Lipinski definition) is 1. The van der Waals surface area contributed by atoms with Crippen LogP contribution >= 0.6 is 23.1 Å². The van der Waals surface area contributed by atoms with Crippen LogP contribution in [0, 0.1) is 11.8 Å². The molecule has 1 aliphatic heterocycles. The summed E-state index contributed by atoms with van der Waals surface area (Å²) in [6.07, 6.45) is 0. The molecule has 1 aliphatic rings. The molecule has 1 fully saturated rings. The Bertz CT molecular complexity index is 487. The first kappa shape index (κ1) is 13.5. The number of nitrogens with two attached hydrogens (primary N) is 1. The third-order valence-corrected chi connectivity index (χ3v) is 4.94. The number of carbonyl (C=O) groups excluding carboxylic acids is 1. The van der Waals surface area contributed by atoms with Gasteiger partial charge < -0.3 is 10.6 Å².